The van der Waals surface area contributed by atoms with Gasteiger partial charge in [0.2, 0.25) is 0 Å². The molecular formula is C15H27N3. The van der Waals surface area contributed by atoms with E-state index in [1.54, 1.807) is 0 Å². The third-order valence-corrected chi connectivity index (χ3v) is 4.06. The van der Waals surface area contributed by atoms with Gasteiger partial charge in [-0.05, 0) is 58.9 Å². The van der Waals surface area contributed by atoms with E-state index in [0.29, 0.717) is 0 Å². The summed E-state index contributed by atoms with van der Waals surface area (Å²) in [6, 6.07) is 0. The molecule has 2 unspecified atom stereocenters. The molecule has 3 heteroatoms. The molecule has 0 aromatic carbocycles. The molecule has 1 fully saturated rings. The summed E-state index contributed by atoms with van der Waals surface area (Å²) >= 11 is 0. The van der Waals surface area contributed by atoms with Crippen molar-refractivity contribution in [2.24, 2.45) is 11.8 Å². The minimum atomic E-state index is 0.238. The molecule has 3 nitrogen and oxygen atoms in total. The van der Waals surface area contributed by atoms with Gasteiger partial charge in [-0.1, -0.05) is 0 Å². The van der Waals surface area contributed by atoms with Gasteiger partial charge in [0.15, 0.2) is 0 Å². The van der Waals surface area contributed by atoms with Crippen molar-refractivity contribution in [3.05, 3.63) is 18.2 Å². The summed E-state index contributed by atoms with van der Waals surface area (Å²) in [6.45, 7) is 11.1. The number of nitrogens with one attached hydrogen (secondary N) is 1. The number of hydrogen-bond donors (Lipinski definition) is 1. The zero-order chi connectivity index (χ0) is 13.2. The first-order valence-electron chi connectivity index (χ1n) is 7.24. The number of rotatable bonds is 5. The van der Waals surface area contributed by atoms with E-state index < -0.39 is 0 Å². The van der Waals surface area contributed by atoms with Crippen LogP contribution >= 0.6 is 0 Å². The van der Waals surface area contributed by atoms with Gasteiger partial charge in [-0.15, -0.1) is 0 Å². The Morgan fingerprint density at radius 1 is 1.33 bits per heavy atom. The van der Waals surface area contributed by atoms with Crippen molar-refractivity contribution in [1.29, 1.82) is 0 Å². The Morgan fingerprint density at radius 3 is 2.61 bits per heavy atom. The minimum absolute atomic E-state index is 0.238. The first-order valence-corrected chi connectivity index (χ1v) is 7.24. The molecule has 0 saturated heterocycles. The predicted molar refractivity (Wildman–Crippen MR) is 75.6 cm³/mol. The third-order valence-electron chi connectivity index (χ3n) is 4.06. The van der Waals surface area contributed by atoms with E-state index in [2.05, 4.69) is 48.8 Å². The molecule has 2 atom stereocenters. The van der Waals surface area contributed by atoms with Crippen LogP contribution in [0.25, 0.3) is 0 Å². The van der Waals surface area contributed by atoms with Gasteiger partial charge in [0.05, 0.1) is 0 Å². The van der Waals surface area contributed by atoms with E-state index in [0.717, 1.165) is 31.3 Å². The average molecular weight is 249 g/mol. The molecule has 1 saturated carbocycles. The lowest BCUT2D eigenvalue weighted by atomic mass is 9.71. The number of hydrogen-bond acceptors (Lipinski definition) is 2. The topological polar surface area (TPSA) is 29.9 Å². The molecule has 18 heavy (non-hydrogen) atoms. The van der Waals surface area contributed by atoms with Crippen LogP contribution in [0.1, 0.15) is 46.4 Å². The van der Waals surface area contributed by atoms with Crippen LogP contribution in [-0.4, -0.2) is 21.6 Å². The standard InChI is InChI=1S/C15H27N3/c1-5-18-9-8-16-14(18)10-12-6-7-13(12)11-17-15(2,3)4/h8-9,12-13,17H,5-7,10-11H2,1-4H3. The van der Waals surface area contributed by atoms with Crippen molar-refractivity contribution in [1.82, 2.24) is 14.9 Å². The maximum Gasteiger partial charge on any atom is 0.108 e. The first kappa shape index (κ1) is 13.6. The molecule has 1 heterocycles. The molecule has 0 aliphatic heterocycles. The highest BCUT2D eigenvalue weighted by molar-refractivity contribution is 4.98. The Hall–Kier alpha value is -0.830. The van der Waals surface area contributed by atoms with Crippen LogP contribution in [0.5, 0.6) is 0 Å². The largest absolute Gasteiger partial charge is 0.335 e. The maximum atomic E-state index is 4.49. The van der Waals surface area contributed by atoms with E-state index in [1.165, 1.54) is 18.7 Å². The lowest BCUT2D eigenvalue weighted by molar-refractivity contribution is 0.156. The van der Waals surface area contributed by atoms with Gasteiger partial charge in [0.1, 0.15) is 5.82 Å². The van der Waals surface area contributed by atoms with Crippen molar-refractivity contribution in [3.8, 4) is 0 Å². The van der Waals surface area contributed by atoms with Crippen LogP contribution in [0, 0.1) is 11.8 Å². The van der Waals surface area contributed by atoms with Gasteiger partial charge in [-0.3, -0.25) is 0 Å². The van der Waals surface area contributed by atoms with Crippen molar-refractivity contribution in [2.75, 3.05) is 6.54 Å². The fraction of sp³-hybridized carbons (Fsp3) is 0.800. The summed E-state index contributed by atoms with van der Waals surface area (Å²) < 4.78 is 2.27. The lowest BCUT2D eigenvalue weighted by Crippen LogP contribution is -2.44. The summed E-state index contributed by atoms with van der Waals surface area (Å²) in [7, 11) is 0. The van der Waals surface area contributed by atoms with Crippen molar-refractivity contribution in [3.63, 3.8) is 0 Å². The van der Waals surface area contributed by atoms with Crippen LogP contribution in [0.2, 0.25) is 0 Å². The number of nitrogens with zero attached hydrogens (tertiary/aromatic N) is 2. The van der Waals surface area contributed by atoms with Crippen LogP contribution in [-0.2, 0) is 13.0 Å². The van der Waals surface area contributed by atoms with Gasteiger partial charge in [0, 0.05) is 30.9 Å². The molecule has 1 aromatic rings. The summed E-state index contributed by atoms with van der Waals surface area (Å²) in [5.41, 5.74) is 0.238. The Labute approximate surface area is 111 Å². The van der Waals surface area contributed by atoms with Gasteiger partial charge >= 0.3 is 0 Å². The zero-order valence-corrected chi connectivity index (χ0v) is 12.2. The highest BCUT2D eigenvalue weighted by Crippen LogP contribution is 2.36. The van der Waals surface area contributed by atoms with Crippen molar-refractivity contribution < 1.29 is 0 Å². The van der Waals surface area contributed by atoms with Crippen molar-refractivity contribution in [2.45, 2.75) is 59.0 Å². The number of aryl methyl sites for hydroxylation is 1. The molecule has 0 spiro atoms. The maximum absolute atomic E-state index is 4.49. The van der Waals surface area contributed by atoms with E-state index in [1.807, 2.05) is 6.20 Å². The molecule has 1 N–H and O–H groups in total. The lowest BCUT2D eigenvalue weighted by Gasteiger charge is -2.38. The summed E-state index contributed by atoms with van der Waals surface area (Å²) in [6.07, 6.45) is 7.92. The molecule has 1 aliphatic rings. The monoisotopic (exact) mass is 249 g/mol. The number of aromatic nitrogens is 2. The molecule has 0 amide bonds. The molecular weight excluding hydrogens is 222 g/mol. The fourth-order valence-electron chi connectivity index (χ4n) is 2.67. The zero-order valence-electron chi connectivity index (χ0n) is 12.2. The van der Waals surface area contributed by atoms with Crippen LogP contribution in [0.4, 0.5) is 0 Å². The van der Waals surface area contributed by atoms with Crippen molar-refractivity contribution >= 4 is 0 Å². The second-order valence-corrected chi connectivity index (χ2v) is 6.56. The molecule has 2 rings (SSSR count). The third kappa shape index (κ3) is 3.35. The molecule has 1 aliphatic carbocycles. The van der Waals surface area contributed by atoms with Crippen LogP contribution in [0.3, 0.4) is 0 Å². The number of imidazole rings is 1. The fourth-order valence-corrected chi connectivity index (χ4v) is 2.67. The van der Waals surface area contributed by atoms with Crippen LogP contribution in [0.15, 0.2) is 12.4 Å². The minimum Gasteiger partial charge on any atom is -0.335 e. The van der Waals surface area contributed by atoms with E-state index >= 15 is 0 Å². The molecule has 1 aromatic heterocycles. The first-order chi connectivity index (χ1) is 8.49. The normalized spacial score (nSPS) is 24.0. The van der Waals surface area contributed by atoms with Gasteiger partial charge in [-0.2, -0.15) is 0 Å². The summed E-state index contributed by atoms with van der Waals surface area (Å²) in [5.74, 6) is 2.93. The Kier molecular flexibility index (Phi) is 4.10. The Bertz CT molecular complexity index is 375. The van der Waals surface area contributed by atoms with Gasteiger partial charge < -0.3 is 9.88 Å². The average Bonchev–Trinajstić information content (AvgIpc) is 2.70. The SMILES string of the molecule is CCn1ccnc1CC1CCC1CNC(C)(C)C. The van der Waals surface area contributed by atoms with Crippen LogP contribution < -0.4 is 5.32 Å². The van der Waals surface area contributed by atoms with E-state index in [9.17, 15) is 0 Å². The highest BCUT2D eigenvalue weighted by Gasteiger charge is 2.32. The Morgan fingerprint density at radius 2 is 2.06 bits per heavy atom. The molecule has 0 radical (unpaired) electrons. The summed E-state index contributed by atoms with van der Waals surface area (Å²) in [5, 5.41) is 3.63. The van der Waals surface area contributed by atoms with E-state index in [4.69, 9.17) is 0 Å². The highest BCUT2D eigenvalue weighted by atomic mass is 15.1. The summed E-state index contributed by atoms with van der Waals surface area (Å²) in [4.78, 5) is 4.49. The Balaban J connectivity index is 1.84. The van der Waals surface area contributed by atoms with E-state index in [-0.39, 0.29) is 5.54 Å². The van der Waals surface area contributed by atoms with Gasteiger partial charge in [-0.25, -0.2) is 4.98 Å². The second kappa shape index (κ2) is 5.43. The van der Waals surface area contributed by atoms with Gasteiger partial charge in [0.25, 0.3) is 0 Å². The predicted octanol–water partition coefficient (Wildman–Crippen LogP) is 2.86. The smallest absolute Gasteiger partial charge is 0.108 e. The quantitative estimate of drug-likeness (QED) is 0.869. The second-order valence-electron chi connectivity index (χ2n) is 6.56. The molecule has 102 valence electrons. The molecule has 0 bridgehead atoms.